The Kier molecular flexibility index (Phi) is 5.53. The van der Waals surface area contributed by atoms with Crippen molar-refractivity contribution in [2.75, 3.05) is 0 Å². The highest BCUT2D eigenvalue weighted by atomic mass is 35.5. The fraction of sp³-hybridized carbons (Fsp3) is 0.333. The van der Waals surface area contributed by atoms with E-state index in [4.69, 9.17) is 11.6 Å². The summed E-state index contributed by atoms with van der Waals surface area (Å²) in [4.78, 5) is 0. The van der Waals surface area contributed by atoms with Gasteiger partial charge in [-0.15, -0.1) is 10.2 Å². The number of aromatic nitrogens is 3. The first-order valence-corrected chi connectivity index (χ1v) is 9.45. The lowest BCUT2D eigenvalue weighted by Crippen LogP contribution is -2.30. The quantitative estimate of drug-likeness (QED) is 0.499. The van der Waals surface area contributed by atoms with E-state index in [1.54, 1.807) is 17.7 Å². The average molecular weight is 408 g/mol. The summed E-state index contributed by atoms with van der Waals surface area (Å²) in [6, 6.07) is 12.9. The van der Waals surface area contributed by atoms with Gasteiger partial charge in [-0.2, -0.15) is 13.2 Å². The Morgan fingerprint density at radius 2 is 1.54 bits per heavy atom. The van der Waals surface area contributed by atoms with E-state index in [-0.39, 0.29) is 11.4 Å². The minimum absolute atomic E-state index is 0.0217. The predicted molar refractivity (Wildman–Crippen MR) is 104 cm³/mol. The van der Waals surface area contributed by atoms with Gasteiger partial charge in [0.15, 0.2) is 5.82 Å². The second-order valence-electron chi connectivity index (χ2n) is 6.75. The summed E-state index contributed by atoms with van der Waals surface area (Å²) < 4.78 is 42.1. The summed E-state index contributed by atoms with van der Waals surface area (Å²) in [5.41, 5.74) is -0.165. The molecule has 2 aromatic carbocycles. The Balaban J connectivity index is 2.19. The molecule has 3 rings (SSSR count). The second kappa shape index (κ2) is 7.59. The minimum Gasteiger partial charge on any atom is -0.313 e. The maximum atomic E-state index is 13.5. The molecule has 3 aromatic rings. The van der Waals surface area contributed by atoms with E-state index in [2.05, 4.69) is 10.2 Å². The molecule has 0 aliphatic rings. The van der Waals surface area contributed by atoms with Crippen molar-refractivity contribution in [1.82, 2.24) is 14.8 Å². The third-order valence-electron chi connectivity index (χ3n) is 5.38. The van der Waals surface area contributed by atoms with E-state index in [1.165, 1.54) is 12.1 Å². The van der Waals surface area contributed by atoms with Crippen LogP contribution < -0.4 is 0 Å². The van der Waals surface area contributed by atoms with Crippen molar-refractivity contribution in [3.05, 3.63) is 70.5 Å². The Labute approximate surface area is 167 Å². The monoisotopic (exact) mass is 407 g/mol. The molecule has 3 nitrogen and oxygen atoms in total. The van der Waals surface area contributed by atoms with Crippen LogP contribution in [0.25, 0.3) is 11.4 Å². The van der Waals surface area contributed by atoms with Crippen LogP contribution in [0.15, 0.2) is 48.5 Å². The third-order valence-corrected chi connectivity index (χ3v) is 5.63. The normalized spacial score (nSPS) is 12.4. The van der Waals surface area contributed by atoms with E-state index in [0.717, 1.165) is 24.5 Å². The van der Waals surface area contributed by atoms with Gasteiger partial charge in [-0.05, 0) is 36.6 Å². The van der Waals surface area contributed by atoms with E-state index in [0.29, 0.717) is 10.8 Å². The summed E-state index contributed by atoms with van der Waals surface area (Å²) in [5, 5.41) is 9.12. The van der Waals surface area contributed by atoms with Gasteiger partial charge in [0.05, 0.1) is 11.0 Å². The van der Waals surface area contributed by atoms with Gasteiger partial charge in [-0.3, -0.25) is 0 Å². The zero-order valence-corrected chi connectivity index (χ0v) is 16.6. The highest BCUT2D eigenvalue weighted by Gasteiger charge is 2.38. The lowest BCUT2D eigenvalue weighted by atomic mass is 9.75. The van der Waals surface area contributed by atoms with Crippen LogP contribution >= 0.6 is 11.6 Å². The lowest BCUT2D eigenvalue weighted by molar-refractivity contribution is -0.137. The van der Waals surface area contributed by atoms with Gasteiger partial charge in [0.1, 0.15) is 5.82 Å². The van der Waals surface area contributed by atoms with Gasteiger partial charge in [-0.1, -0.05) is 55.8 Å². The molecule has 0 amide bonds. The molecule has 0 saturated heterocycles. The molecule has 0 bridgehead atoms. The van der Waals surface area contributed by atoms with Crippen molar-refractivity contribution in [3.63, 3.8) is 0 Å². The fourth-order valence-electron chi connectivity index (χ4n) is 3.78. The summed E-state index contributed by atoms with van der Waals surface area (Å²) in [7, 11) is 1.72. The van der Waals surface area contributed by atoms with Gasteiger partial charge >= 0.3 is 6.18 Å². The molecule has 0 N–H and O–H groups in total. The summed E-state index contributed by atoms with van der Waals surface area (Å²) >= 11 is 6.03. The van der Waals surface area contributed by atoms with Gasteiger partial charge in [0, 0.05) is 17.6 Å². The van der Waals surface area contributed by atoms with Crippen LogP contribution in [-0.4, -0.2) is 14.8 Å². The molecule has 1 aromatic heterocycles. The molecule has 0 radical (unpaired) electrons. The van der Waals surface area contributed by atoms with Crippen LogP contribution in [0.2, 0.25) is 5.02 Å². The minimum atomic E-state index is -4.47. The lowest BCUT2D eigenvalue weighted by Gasteiger charge is -2.31. The number of halogens is 4. The summed E-state index contributed by atoms with van der Waals surface area (Å²) in [6.45, 7) is 4.08. The Morgan fingerprint density at radius 3 is 2.11 bits per heavy atom. The SMILES string of the molecule is CCC(CC)(c1ccc(Cl)cc1)c1nnc(-c2ccccc2C(F)(F)F)n1C. The number of hydrogen-bond acceptors (Lipinski definition) is 2. The van der Waals surface area contributed by atoms with Crippen LogP contribution in [0.4, 0.5) is 13.2 Å². The second-order valence-corrected chi connectivity index (χ2v) is 7.18. The molecule has 148 valence electrons. The van der Waals surface area contributed by atoms with Crippen LogP contribution in [0.1, 0.15) is 43.6 Å². The maximum Gasteiger partial charge on any atom is 0.417 e. The van der Waals surface area contributed by atoms with Crippen LogP contribution in [0.5, 0.6) is 0 Å². The first-order chi connectivity index (χ1) is 13.2. The topological polar surface area (TPSA) is 30.7 Å². The molecule has 0 aliphatic heterocycles. The van der Waals surface area contributed by atoms with Gasteiger partial charge < -0.3 is 4.57 Å². The highest BCUT2D eigenvalue weighted by Crippen LogP contribution is 2.41. The molecule has 0 fully saturated rings. The Bertz CT molecular complexity index is 958. The molecule has 7 heteroatoms. The van der Waals surface area contributed by atoms with Crippen LogP contribution in [0.3, 0.4) is 0 Å². The number of hydrogen-bond donors (Lipinski definition) is 0. The van der Waals surface area contributed by atoms with Crippen molar-refractivity contribution in [3.8, 4) is 11.4 Å². The molecular formula is C21H21ClF3N3. The van der Waals surface area contributed by atoms with E-state index >= 15 is 0 Å². The number of rotatable bonds is 5. The number of nitrogens with zero attached hydrogens (tertiary/aromatic N) is 3. The summed E-state index contributed by atoms with van der Waals surface area (Å²) in [5.74, 6) is 0.829. The van der Waals surface area contributed by atoms with Gasteiger partial charge in [0.2, 0.25) is 0 Å². The van der Waals surface area contributed by atoms with Crippen molar-refractivity contribution < 1.29 is 13.2 Å². The van der Waals surface area contributed by atoms with Gasteiger partial charge in [0.25, 0.3) is 0 Å². The molecule has 0 spiro atoms. The van der Waals surface area contributed by atoms with Gasteiger partial charge in [-0.25, -0.2) is 0 Å². The predicted octanol–water partition coefficient (Wildman–Crippen LogP) is 6.26. The van der Waals surface area contributed by atoms with Crippen molar-refractivity contribution in [1.29, 1.82) is 0 Å². The first-order valence-electron chi connectivity index (χ1n) is 9.07. The maximum absolute atomic E-state index is 13.5. The molecule has 1 heterocycles. The summed E-state index contributed by atoms with van der Waals surface area (Å²) in [6.07, 6.45) is -3.03. The van der Waals surface area contributed by atoms with Crippen LogP contribution in [-0.2, 0) is 18.6 Å². The third kappa shape index (κ3) is 3.41. The van der Waals surface area contributed by atoms with E-state index < -0.39 is 17.2 Å². The number of benzene rings is 2. The van der Waals surface area contributed by atoms with Crippen molar-refractivity contribution in [2.45, 2.75) is 38.3 Å². The van der Waals surface area contributed by atoms with E-state index in [1.807, 2.05) is 38.1 Å². The van der Waals surface area contributed by atoms with Crippen LogP contribution in [0, 0.1) is 0 Å². The molecule has 0 aliphatic carbocycles. The Morgan fingerprint density at radius 1 is 0.929 bits per heavy atom. The average Bonchev–Trinajstić information content (AvgIpc) is 3.06. The molecule has 0 saturated carbocycles. The molecule has 28 heavy (non-hydrogen) atoms. The highest BCUT2D eigenvalue weighted by molar-refractivity contribution is 6.30. The molecule has 0 atom stereocenters. The standard InChI is InChI=1S/C21H21ClF3N3/c1-4-20(5-2,14-10-12-15(22)13-11-14)19-27-26-18(28(19)3)16-8-6-7-9-17(16)21(23,24)25/h6-13H,4-5H2,1-3H3. The fourth-order valence-corrected chi connectivity index (χ4v) is 3.90. The zero-order valence-electron chi connectivity index (χ0n) is 15.9. The number of alkyl halides is 3. The molecular weight excluding hydrogens is 387 g/mol. The first kappa shape index (κ1) is 20.4. The molecule has 0 unspecified atom stereocenters. The Hall–Kier alpha value is -2.34. The smallest absolute Gasteiger partial charge is 0.313 e. The van der Waals surface area contributed by atoms with Crippen molar-refractivity contribution >= 4 is 11.6 Å². The largest absolute Gasteiger partial charge is 0.417 e. The van der Waals surface area contributed by atoms with E-state index in [9.17, 15) is 13.2 Å². The van der Waals surface area contributed by atoms with Crippen molar-refractivity contribution in [2.24, 2.45) is 7.05 Å². The zero-order chi connectivity index (χ0) is 20.5.